The summed E-state index contributed by atoms with van der Waals surface area (Å²) >= 11 is 1.71. The van der Waals surface area contributed by atoms with Crippen molar-refractivity contribution in [3.05, 3.63) is 0 Å². The third-order valence-electron chi connectivity index (χ3n) is 3.77. The number of halogens is 1. The number of nitrogens with two attached hydrogens (primary N) is 1. The van der Waals surface area contributed by atoms with E-state index in [0.29, 0.717) is 18.4 Å². The van der Waals surface area contributed by atoms with Gasteiger partial charge in [-0.3, -0.25) is 4.79 Å². The number of hydrogen-bond acceptors (Lipinski definition) is 4. The molecule has 2 saturated heterocycles. The van der Waals surface area contributed by atoms with Crippen molar-refractivity contribution in [2.24, 2.45) is 5.73 Å². The highest BCUT2D eigenvalue weighted by atomic mass is 35.5. The van der Waals surface area contributed by atoms with Crippen LogP contribution >= 0.6 is 24.2 Å². The van der Waals surface area contributed by atoms with Crippen LogP contribution in [-0.4, -0.2) is 54.2 Å². The first-order valence-electron chi connectivity index (χ1n) is 7.00. The van der Waals surface area contributed by atoms with E-state index in [1.54, 1.807) is 11.8 Å². The van der Waals surface area contributed by atoms with E-state index in [1.165, 1.54) is 12.8 Å². The maximum absolute atomic E-state index is 12.1. The minimum atomic E-state index is 0. The van der Waals surface area contributed by atoms with Crippen molar-refractivity contribution >= 4 is 30.1 Å². The summed E-state index contributed by atoms with van der Waals surface area (Å²) in [5.41, 5.74) is 5.69. The molecule has 2 unspecified atom stereocenters. The third kappa shape index (κ3) is 5.14. The normalized spacial score (nSPS) is 27.1. The zero-order valence-electron chi connectivity index (χ0n) is 11.4. The van der Waals surface area contributed by atoms with Crippen molar-refractivity contribution in [2.45, 2.75) is 44.2 Å². The van der Waals surface area contributed by atoms with Crippen LogP contribution in [0.3, 0.4) is 0 Å². The van der Waals surface area contributed by atoms with Crippen LogP contribution in [0.15, 0.2) is 0 Å². The molecule has 0 aliphatic carbocycles. The second kappa shape index (κ2) is 9.06. The number of likely N-dealkylation sites (tertiary alicyclic amines) is 1. The number of thioether (sulfide) groups is 1. The summed E-state index contributed by atoms with van der Waals surface area (Å²) in [7, 11) is 0. The SMILES string of the molecule is Cl.NCC1CCCN1C(=O)CSCC1CCCCO1. The standard InChI is InChI=1S/C13H24N2O2S.ClH/c14-8-11-4-3-6-15(11)13(16)10-18-9-12-5-1-2-7-17-12;/h11-12H,1-10,14H2;1H. The van der Waals surface area contributed by atoms with E-state index < -0.39 is 0 Å². The number of nitrogens with zero attached hydrogens (tertiary/aromatic N) is 1. The van der Waals surface area contributed by atoms with Gasteiger partial charge in [0.1, 0.15) is 0 Å². The summed E-state index contributed by atoms with van der Waals surface area (Å²) in [5, 5.41) is 0. The van der Waals surface area contributed by atoms with Gasteiger partial charge in [0.15, 0.2) is 0 Å². The van der Waals surface area contributed by atoms with Crippen molar-refractivity contribution in [1.82, 2.24) is 4.90 Å². The Hall–Kier alpha value is 0.0300. The molecule has 1 amide bonds. The van der Waals surface area contributed by atoms with Crippen molar-refractivity contribution < 1.29 is 9.53 Å². The molecule has 112 valence electrons. The fourth-order valence-corrected chi connectivity index (χ4v) is 3.69. The first kappa shape index (κ1) is 17.1. The van der Waals surface area contributed by atoms with Gasteiger partial charge in [0.2, 0.25) is 5.91 Å². The topological polar surface area (TPSA) is 55.6 Å². The number of rotatable bonds is 5. The van der Waals surface area contributed by atoms with Crippen molar-refractivity contribution in [3.63, 3.8) is 0 Å². The van der Waals surface area contributed by atoms with Gasteiger partial charge < -0.3 is 15.4 Å². The van der Waals surface area contributed by atoms with E-state index in [4.69, 9.17) is 10.5 Å². The second-order valence-electron chi connectivity index (χ2n) is 5.12. The van der Waals surface area contributed by atoms with Crippen LogP contribution in [0.2, 0.25) is 0 Å². The summed E-state index contributed by atoms with van der Waals surface area (Å²) < 4.78 is 5.66. The molecule has 2 aliphatic heterocycles. The lowest BCUT2D eigenvalue weighted by Gasteiger charge is -2.25. The summed E-state index contributed by atoms with van der Waals surface area (Å²) in [4.78, 5) is 14.0. The molecule has 2 rings (SSSR count). The highest BCUT2D eigenvalue weighted by molar-refractivity contribution is 7.99. The Bertz CT molecular complexity index is 275. The molecule has 0 aromatic heterocycles. The smallest absolute Gasteiger partial charge is 0.232 e. The quantitative estimate of drug-likeness (QED) is 0.839. The molecular weight excluding hydrogens is 284 g/mol. The third-order valence-corrected chi connectivity index (χ3v) is 4.83. The van der Waals surface area contributed by atoms with Gasteiger partial charge in [0.25, 0.3) is 0 Å². The minimum absolute atomic E-state index is 0. The second-order valence-corrected chi connectivity index (χ2v) is 6.15. The zero-order valence-corrected chi connectivity index (χ0v) is 13.0. The fraction of sp³-hybridized carbons (Fsp3) is 0.923. The number of carbonyl (C=O) groups is 1. The van der Waals surface area contributed by atoms with Gasteiger partial charge in [-0.2, -0.15) is 0 Å². The number of hydrogen-bond donors (Lipinski definition) is 1. The molecular formula is C13H25ClN2O2S. The molecule has 0 saturated carbocycles. The lowest BCUT2D eigenvalue weighted by atomic mass is 10.1. The summed E-state index contributed by atoms with van der Waals surface area (Å²) in [6.45, 7) is 2.38. The van der Waals surface area contributed by atoms with Gasteiger partial charge in [0.05, 0.1) is 11.9 Å². The van der Waals surface area contributed by atoms with Crippen LogP contribution in [0, 0.1) is 0 Å². The van der Waals surface area contributed by atoms with Crippen LogP contribution in [-0.2, 0) is 9.53 Å². The maximum Gasteiger partial charge on any atom is 0.232 e. The highest BCUT2D eigenvalue weighted by Crippen LogP contribution is 2.20. The number of amides is 1. The molecule has 2 aliphatic rings. The van der Waals surface area contributed by atoms with Crippen molar-refractivity contribution in [3.8, 4) is 0 Å². The predicted octanol–water partition coefficient (Wildman–Crippen LogP) is 1.66. The van der Waals surface area contributed by atoms with Crippen molar-refractivity contribution in [1.29, 1.82) is 0 Å². The molecule has 2 atom stereocenters. The summed E-state index contributed by atoms with van der Waals surface area (Å²) in [6, 6.07) is 0.282. The fourth-order valence-electron chi connectivity index (χ4n) is 2.71. The van der Waals surface area contributed by atoms with E-state index in [-0.39, 0.29) is 24.4 Å². The van der Waals surface area contributed by atoms with Gasteiger partial charge in [-0.1, -0.05) is 0 Å². The number of ether oxygens (including phenoxy) is 1. The van der Waals surface area contributed by atoms with Crippen LogP contribution < -0.4 is 5.73 Å². The monoisotopic (exact) mass is 308 g/mol. The lowest BCUT2D eigenvalue weighted by Crippen LogP contribution is -2.41. The first-order chi connectivity index (χ1) is 8.81. The maximum atomic E-state index is 12.1. The Morgan fingerprint density at radius 2 is 2.16 bits per heavy atom. The van der Waals surface area contributed by atoms with E-state index in [1.807, 2.05) is 4.90 Å². The Kier molecular flexibility index (Phi) is 8.14. The molecule has 2 N–H and O–H groups in total. The molecule has 19 heavy (non-hydrogen) atoms. The molecule has 0 aromatic carbocycles. The summed E-state index contributed by atoms with van der Waals surface area (Å²) in [6.07, 6.45) is 6.13. The van der Waals surface area contributed by atoms with E-state index in [2.05, 4.69) is 0 Å². The van der Waals surface area contributed by atoms with Gasteiger partial charge in [0, 0.05) is 31.5 Å². The average molecular weight is 309 g/mol. The minimum Gasteiger partial charge on any atom is -0.377 e. The predicted molar refractivity (Wildman–Crippen MR) is 82.0 cm³/mol. The molecule has 2 heterocycles. The Labute approximate surface area is 126 Å². The molecule has 0 aromatic rings. The van der Waals surface area contributed by atoms with Gasteiger partial charge in [-0.05, 0) is 32.1 Å². The molecule has 4 nitrogen and oxygen atoms in total. The van der Waals surface area contributed by atoms with Gasteiger partial charge in [-0.15, -0.1) is 24.2 Å². The molecule has 0 radical (unpaired) electrons. The van der Waals surface area contributed by atoms with E-state index in [9.17, 15) is 4.79 Å². The lowest BCUT2D eigenvalue weighted by molar-refractivity contribution is -0.128. The molecule has 0 spiro atoms. The van der Waals surface area contributed by atoms with Crippen LogP contribution in [0.25, 0.3) is 0 Å². The highest BCUT2D eigenvalue weighted by Gasteiger charge is 2.27. The van der Waals surface area contributed by atoms with Gasteiger partial charge >= 0.3 is 0 Å². The largest absolute Gasteiger partial charge is 0.377 e. The van der Waals surface area contributed by atoms with Crippen LogP contribution in [0.5, 0.6) is 0 Å². The first-order valence-corrected chi connectivity index (χ1v) is 8.15. The van der Waals surface area contributed by atoms with E-state index >= 15 is 0 Å². The van der Waals surface area contributed by atoms with Crippen molar-refractivity contribution in [2.75, 3.05) is 31.2 Å². The Morgan fingerprint density at radius 1 is 1.32 bits per heavy atom. The van der Waals surface area contributed by atoms with E-state index in [0.717, 1.165) is 38.2 Å². The van der Waals surface area contributed by atoms with Gasteiger partial charge in [-0.25, -0.2) is 0 Å². The Balaban J connectivity index is 0.00000180. The van der Waals surface area contributed by atoms with Crippen LogP contribution in [0.4, 0.5) is 0 Å². The molecule has 6 heteroatoms. The Morgan fingerprint density at radius 3 is 2.84 bits per heavy atom. The summed E-state index contributed by atoms with van der Waals surface area (Å²) in [5.74, 6) is 1.78. The average Bonchev–Trinajstić information content (AvgIpc) is 2.88. The zero-order chi connectivity index (χ0) is 12.8. The molecule has 0 bridgehead atoms. The molecule has 2 fully saturated rings. The van der Waals surface area contributed by atoms with Crippen LogP contribution in [0.1, 0.15) is 32.1 Å². The number of carbonyl (C=O) groups excluding carboxylic acids is 1.